The molecule has 0 N–H and O–H groups in total. The average molecular weight is 250 g/mol. The van der Waals surface area contributed by atoms with E-state index in [1.54, 1.807) is 0 Å². The Hall–Kier alpha value is -2.15. The van der Waals surface area contributed by atoms with E-state index in [0.29, 0.717) is 18.8 Å². The molecule has 18 heavy (non-hydrogen) atoms. The van der Waals surface area contributed by atoms with Crippen molar-refractivity contribution in [1.29, 1.82) is 0 Å². The van der Waals surface area contributed by atoms with Crippen LogP contribution in [0.1, 0.15) is 5.56 Å². The number of hydrogen-bond donors (Lipinski definition) is 0. The number of nitro benzene ring substituents is 1. The van der Waals surface area contributed by atoms with Gasteiger partial charge in [-0.2, -0.15) is 0 Å². The molecule has 0 radical (unpaired) electrons. The zero-order valence-corrected chi connectivity index (χ0v) is 9.35. The van der Waals surface area contributed by atoms with Crippen molar-refractivity contribution >= 4 is 5.69 Å². The zero-order chi connectivity index (χ0) is 13.0. The van der Waals surface area contributed by atoms with Gasteiger partial charge in [0.25, 0.3) is 5.69 Å². The second kappa shape index (κ2) is 5.01. The van der Waals surface area contributed by atoms with Crippen molar-refractivity contribution in [2.45, 2.75) is 5.79 Å². The van der Waals surface area contributed by atoms with Gasteiger partial charge in [-0.1, -0.05) is 5.11 Å². The smallest absolute Gasteiger partial charge is 0.269 e. The van der Waals surface area contributed by atoms with Gasteiger partial charge in [-0.15, -0.1) is 0 Å². The molecule has 0 unspecified atom stereocenters. The van der Waals surface area contributed by atoms with E-state index in [2.05, 4.69) is 10.0 Å². The third-order valence-corrected chi connectivity index (χ3v) is 2.61. The Morgan fingerprint density at radius 2 is 2.00 bits per heavy atom. The molecule has 0 aromatic heterocycles. The molecule has 94 valence electrons. The summed E-state index contributed by atoms with van der Waals surface area (Å²) in [4.78, 5) is 12.7. The number of nitrogens with zero attached hydrogens (tertiary/aromatic N) is 4. The summed E-state index contributed by atoms with van der Waals surface area (Å²) in [5.74, 6) is -1.12. The highest BCUT2D eigenvalue weighted by Crippen LogP contribution is 2.32. The molecule has 1 saturated heterocycles. The van der Waals surface area contributed by atoms with E-state index in [4.69, 9.17) is 15.0 Å². The Morgan fingerprint density at radius 1 is 1.39 bits per heavy atom. The molecule has 8 nitrogen and oxygen atoms in total. The lowest BCUT2D eigenvalue weighted by Crippen LogP contribution is -2.30. The quantitative estimate of drug-likeness (QED) is 0.268. The summed E-state index contributed by atoms with van der Waals surface area (Å²) in [6.07, 6.45) is 0. The molecule has 1 heterocycles. The highest BCUT2D eigenvalue weighted by atomic mass is 16.7. The number of benzene rings is 1. The summed E-state index contributed by atoms with van der Waals surface area (Å²) in [5.41, 5.74) is 8.94. The SMILES string of the molecule is [N-]=[N+]=NCC1(c2ccc([N+](=O)[O-])cc2)OCCO1. The fourth-order valence-electron chi connectivity index (χ4n) is 1.77. The van der Waals surface area contributed by atoms with Crippen molar-refractivity contribution < 1.29 is 14.4 Å². The summed E-state index contributed by atoms with van der Waals surface area (Å²) in [7, 11) is 0. The van der Waals surface area contributed by atoms with Crippen molar-refractivity contribution in [2.75, 3.05) is 19.8 Å². The van der Waals surface area contributed by atoms with E-state index >= 15 is 0 Å². The van der Waals surface area contributed by atoms with Crippen LogP contribution in [-0.4, -0.2) is 24.7 Å². The van der Waals surface area contributed by atoms with Crippen LogP contribution >= 0.6 is 0 Å². The van der Waals surface area contributed by atoms with Crippen LogP contribution in [0.3, 0.4) is 0 Å². The highest BCUT2D eigenvalue weighted by Gasteiger charge is 2.38. The largest absolute Gasteiger partial charge is 0.343 e. The van der Waals surface area contributed by atoms with Crippen LogP contribution in [0, 0.1) is 10.1 Å². The molecular formula is C10H10N4O4. The van der Waals surface area contributed by atoms with Crippen LogP contribution in [0.15, 0.2) is 29.4 Å². The zero-order valence-electron chi connectivity index (χ0n) is 9.35. The molecule has 1 aliphatic heterocycles. The van der Waals surface area contributed by atoms with Gasteiger partial charge in [0, 0.05) is 22.6 Å². The molecule has 1 aromatic carbocycles. The van der Waals surface area contributed by atoms with Gasteiger partial charge in [0.2, 0.25) is 5.79 Å². The third-order valence-electron chi connectivity index (χ3n) is 2.61. The molecule has 0 bridgehead atoms. The molecule has 1 aromatic rings. The van der Waals surface area contributed by atoms with Gasteiger partial charge >= 0.3 is 0 Å². The van der Waals surface area contributed by atoms with E-state index in [-0.39, 0.29) is 12.2 Å². The van der Waals surface area contributed by atoms with E-state index in [1.807, 2.05) is 0 Å². The highest BCUT2D eigenvalue weighted by molar-refractivity contribution is 5.35. The molecule has 1 fully saturated rings. The van der Waals surface area contributed by atoms with Crippen LogP contribution in [-0.2, 0) is 15.3 Å². The van der Waals surface area contributed by atoms with Gasteiger partial charge in [0.15, 0.2) is 0 Å². The fourth-order valence-corrected chi connectivity index (χ4v) is 1.77. The maximum absolute atomic E-state index is 10.6. The Morgan fingerprint density at radius 3 is 2.50 bits per heavy atom. The number of rotatable bonds is 4. The van der Waals surface area contributed by atoms with E-state index in [9.17, 15) is 10.1 Å². The van der Waals surface area contributed by atoms with Gasteiger partial charge in [0.1, 0.15) is 0 Å². The first-order valence-electron chi connectivity index (χ1n) is 5.22. The third kappa shape index (κ3) is 2.25. The number of azide groups is 1. The van der Waals surface area contributed by atoms with Crippen LogP contribution in [0.5, 0.6) is 0 Å². The number of hydrogen-bond acceptors (Lipinski definition) is 5. The predicted molar refractivity (Wildman–Crippen MR) is 60.7 cm³/mol. The molecule has 0 spiro atoms. The molecule has 8 heteroatoms. The van der Waals surface area contributed by atoms with Crippen molar-refractivity contribution in [3.8, 4) is 0 Å². The van der Waals surface area contributed by atoms with E-state index < -0.39 is 10.7 Å². The maximum atomic E-state index is 10.6. The Kier molecular flexibility index (Phi) is 3.42. The lowest BCUT2D eigenvalue weighted by molar-refractivity contribution is -0.384. The maximum Gasteiger partial charge on any atom is 0.269 e. The monoisotopic (exact) mass is 250 g/mol. The standard InChI is InChI=1S/C10H10N4O4/c11-13-12-7-10(17-5-6-18-10)8-1-3-9(4-2-8)14(15)16/h1-4H,5-7H2. The lowest BCUT2D eigenvalue weighted by Gasteiger charge is -2.25. The minimum atomic E-state index is -1.12. The lowest BCUT2D eigenvalue weighted by atomic mass is 10.1. The molecule has 0 aliphatic carbocycles. The number of ether oxygens (including phenoxy) is 2. The molecule has 2 rings (SSSR count). The van der Waals surface area contributed by atoms with Gasteiger partial charge in [-0.25, -0.2) is 0 Å². The molecule has 0 amide bonds. The van der Waals surface area contributed by atoms with Gasteiger partial charge in [-0.05, 0) is 17.7 Å². The summed E-state index contributed by atoms with van der Waals surface area (Å²) in [6.45, 7) is 0.761. The number of nitro groups is 1. The summed E-state index contributed by atoms with van der Waals surface area (Å²) in [6, 6.07) is 5.79. The van der Waals surface area contributed by atoms with Crippen molar-refractivity contribution in [3.05, 3.63) is 50.4 Å². The predicted octanol–water partition coefficient (Wildman–Crippen LogP) is 2.10. The summed E-state index contributed by atoms with van der Waals surface area (Å²) < 4.78 is 10.9. The minimum Gasteiger partial charge on any atom is -0.343 e. The Labute approximate surface area is 102 Å². The first kappa shape index (κ1) is 12.3. The van der Waals surface area contributed by atoms with Crippen LogP contribution in [0.4, 0.5) is 5.69 Å². The number of non-ortho nitro benzene ring substituents is 1. The molecule has 0 saturated carbocycles. The van der Waals surface area contributed by atoms with E-state index in [1.165, 1.54) is 24.3 Å². The second-order valence-electron chi connectivity index (χ2n) is 3.64. The fraction of sp³-hybridized carbons (Fsp3) is 0.400. The van der Waals surface area contributed by atoms with Crippen LogP contribution in [0.2, 0.25) is 0 Å². The molecular weight excluding hydrogens is 240 g/mol. The summed E-state index contributed by atoms with van der Waals surface area (Å²) in [5, 5.41) is 14.0. The topological polar surface area (TPSA) is 110 Å². The first-order chi connectivity index (χ1) is 8.68. The van der Waals surface area contributed by atoms with Gasteiger partial charge < -0.3 is 9.47 Å². The second-order valence-corrected chi connectivity index (χ2v) is 3.64. The minimum absolute atomic E-state index is 0.0126. The van der Waals surface area contributed by atoms with Crippen LogP contribution < -0.4 is 0 Å². The summed E-state index contributed by atoms with van der Waals surface area (Å²) >= 11 is 0. The van der Waals surface area contributed by atoms with Gasteiger partial charge in [0.05, 0.1) is 24.7 Å². The molecule has 1 aliphatic rings. The van der Waals surface area contributed by atoms with Crippen LogP contribution in [0.25, 0.3) is 10.4 Å². The Bertz CT molecular complexity index is 489. The Balaban J connectivity index is 2.31. The molecule has 0 atom stereocenters. The average Bonchev–Trinajstić information content (AvgIpc) is 2.86. The normalized spacial score (nSPS) is 17.1. The van der Waals surface area contributed by atoms with Gasteiger partial charge in [-0.3, -0.25) is 10.1 Å². The van der Waals surface area contributed by atoms with Crippen molar-refractivity contribution in [1.82, 2.24) is 0 Å². The van der Waals surface area contributed by atoms with Crippen molar-refractivity contribution in [3.63, 3.8) is 0 Å². The van der Waals surface area contributed by atoms with E-state index in [0.717, 1.165) is 0 Å². The van der Waals surface area contributed by atoms with Crippen molar-refractivity contribution in [2.24, 2.45) is 5.11 Å². The first-order valence-corrected chi connectivity index (χ1v) is 5.22.